The Morgan fingerprint density at radius 3 is 2.73 bits per heavy atom. The minimum absolute atomic E-state index is 0.228. The molecule has 1 atom stereocenters. The molecule has 0 radical (unpaired) electrons. The van der Waals surface area contributed by atoms with Gasteiger partial charge in [-0.1, -0.05) is 6.07 Å². The first kappa shape index (κ1) is 26.8. The van der Waals surface area contributed by atoms with Crippen LogP contribution in [0.3, 0.4) is 0 Å². The summed E-state index contributed by atoms with van der Waals surface area (Å²) >= 11 is 0. The topological polar surface area (TPSA) is 128 Å². The minimum Gasteiger partial charge on any atom is -0.387 e. The van der Waals surface area contributed by atoms with Crippen molar-refractivity contribution in [2.75, 3.05) is 25.1 Å². The number of carbonyl (C=O) groups excluding carboxylic acids is 1. The average molecular weight is 556 g/mol. The van der Waals surface area contributed by atoms with Crippen LogP contribution < -0.4 is 10.6 Å². The molecule has 2 aliphatic heterocycles. The smallest absolute Gasteiger partial charge is 0.255 e. The Bertz CT molecular complexity index is 1670. The predicted octanol–water partition coefficient (Wildman–Crippen LogP) is 3.56. The maximum absolute atomic E-state index is 14.4. The molecular weight excluding hydrogens is 525 g/mol. The molecule has 3 aromatic heterocycles. The van der Waals surface area contributed by atoms with Gasteiger partial charge in [-0.15, -0.1) is 0 Å². The molecule has 0 saturated carbocycles. The second-order valence-electron chi connectivity index (χ2n) is 11.1. The summed E-state index contributed by atoms with van der Waals surface area (Å²) in [4.78, 5) is 20.1. The van der Waals surface area contributed by atoms with Gasteiger partial charge in [0.1, 0.15) is 12.2 Å². The van der Waals surface area contributed by atoms with Crippen LogP contribution in [0.2, 0.25) is 0 Å². The van der Waals surface area contributed by atoms with Crippen LogP contribution in [-0.4, -0.2) is 68.1 Å². The van der Waals surface area contributed by atoms with Crippen molar-refractivity contribution in [2.45, 2.75) is 44.8 Å². The number of aromatic nitrogens is 3. The third kappa shape index (κ3) is 5.37. The van der Waals surface area contributed by atoms with Gasteiger partial charge in [0.15, 0.2) is 0 Å². The monoisotopic (exact) mass is 555 g/mol. The molecule has 1 amide bonds. The highest BCUT2D eigenvalue weighted by Gasteiger charge is 2.31. The second kappa shape index (κ2) is 10.6. The molecule has 41 heavy (non-hydrogen) atoms. The normalized spacial score (nSPS) is 16.2. The minimum atomic E-state index is -1.65. The van der Waals surface area contributed by atoms with E-state index in [1.165, 1.54) is 37.4 Å². The van der Waals surface area contributed by atoms with Gasteiger partial charge in [-0.3, -0.25) is 14.7 Å². The maximum Gasteiger partial charge on any atom is 0.255 e. The van der Waals surface area contributed by atoms with Crippen LogP contribution in [0.5, 0.6) is 0 Å². The van der Waals surface area contributed by atoms with Gasteiger partial charge in [0.05, 0.1) is 71.3 Å². The number of rotatable bonds is 8. The zero-order valence-corrected chi connectivity index (χ0v) is 22.8. The standard InChI is InChI=1S/C30H30FN7O3/c1-30(2,40)28(31)13-34-29(39)24-12-33-26(27-6-5-22-7-18(10-32)11-35-38(22)27)9-25(24)36-21-4-3-19-14-37(15-20(19)8-21)23-16-41-17-23/h3-9,11-12,23,28,40H,13-17H2,1-2H3,(H,33,36)(H,34,39). The molecule has 2 aliphatic rings. The highest BCUT2D eigenvalue weighted by Crippen LogP contribution is 2.32. The number of amides is 1. The lowest BCUT2D eigenvalue weighted by molar-refractivity contribution is -0.0669. The first-order chi connectivity index (χ1) is 19.7. The van der Waals surface area contributed by atoms with Crippen molar-refractivity contribution in [1.82, 2.24) is 24.8 Å². The molecule has 11 heteroatoms. The van der Waals surface area contributed by atoms with Crippen LogP contribution in [-0.2, 0) is 17.8 Å². The van der Waals surface area contributed by atoms with Gasteiger partial charge >= 0.3 is 0 Å². The summed E-state index contributed by atoms with van der Waals surface area (Å²) < 4.78 is 21.4. The number of ether oxygens (including phenoxy) is 1. The summed E-state index contributed by atoms with van der Waals surface area (Å²) in [7, 11) is 0. The zero-order chi connectivity index (χ0) is 28.7. The fraction of sp³-hybridized carbons (Fsp3) is 0.333. The third-order valence-electron chi connectivity index (χ3n) is 7.62. The fourth-order valence-electron chi connectivity index (χ4n) is 5.01. The number of fused-ring (bicyclic) bond motifs is 2. The Balaban J connectivity index is 1.32. The lowest BCUT2D eigenvalue weighted by Gasteiger charge is -2.34. The Morgan fingerprint density at radius 1 is 1.20 bits per heavy atom. The number of nitrogens with one attached hydrogen (secondary N) is 2. The van der Waals surface area contributed by atoms with Crippen molar-refractivity contribution in [3.8, 4) is 17.5 Å². The summed E-state index contributed by atoms with van der Waals surface area (Å²) in [6.07, 6.45) is 1.28. The number of hydrogen-bond acceptors (Lipinski definition) is 8. The molecular formula is C30H30FN7O3. The Labute approximate surface area is 236 Å². The van der Waals surface area contributed by atoms with E-state index in [2.05, 4.69) is 43.8 Å². The molecule has 0 spiro atoms. The van der Waals surface area contributed by atoms with Gasteiger partial charge in [0.2, 0.25) is 0 Å². The van der Waals surface area contributed by atoms with Crippen LogP contribution in [0.15, 0.2) is 54.9 Å². The van der Waals surface area contributed by atoms with Crippen LogP contribution in [0.25, 0.3) is 16.9 Å². The zero-order valence-electron chi connectivity index (χ0n) is 22.8. The highest BCUT2D eigenvalue weighted by atomic mass is 19.1. The summed E-state index contributed by atoms with van der Waals surface area (Å²) in [5, 5.41) is 29.5. The van der Waals surface area contributed by atoms with Crippen molar-refractivity contribution < 1.29 is 19.0 Å². The van der Waals surface area contributed by atoms with E-state index in [0.29, 0.717) is 28.7 Å². The molecule has 10 nitrogen and oxygen atoms in total. The van der Waals surface area contributed by atoms with Gasteiger partial charge in [-0.05, 0) is 61.4 Å². The van der Waals surface area contributed by atoms with Crippen molar-refractivity contribution >= 4 is 22.8 Å². The number of anilines is 2. The quantitative estimate of drug-likeness (QED) is 0.301. The highest BCUT2D eigenvalue weighted by molar-refractivity contribution is 6.00. The van der Waals surface area contributed by atoms with Gasteiger partial charge in [-0.2, -0.15) is 10.4 Å². The van der Waals surface area contributed by atoms with E-state index in [1.54, 1.807) is 16.6 Å². The second-order valence-corrected chi connectivity index (χ2v) is 11.1. The van der Waals surface area contributed by atoms with E-state index in [4.69, 9.17) is 4.74 Å². The van der Waals surface area contributed by atoms with E-state index >= 15 is 0 Å². The number of nitrogens with zero attached hydrogens (tertiary/aromatic N) is 5. The van der Waals surface area contributed by atoms with Gasteiger partial charge in [-0.25, -0.2) is 8.91 Å². The molecule has 0 bridgehead atoms. The molecule has 1 unspecified atom stereocenters. The van der Waals surface area contributed by atoms with Crippen LogP contribution >= 0.6 is 0 Å². The van der Waals surface area contributed by atoms with Gasteiger partial charge in [0, 0.05) is 25.0 Å². The largest absolute Gasteiger partial charge is 0.387 e. The van der Waals surface area contributed by atoms with Crippen LogP contribution in [0.4, 0.5) is 15.8 Å². The summed E-state index contributed by atoms with van der Waals surface area (Å²) in [5.41, 5.74) is 4.81. The predicted molar refractivity (Wildman–Crippen MR) is 150 cm³/mol. The molecule has 6 rings (SSSR count). The van der Waals surface area contributed by atoms with E-state index in [0.717, 1.165) is 37.5 Å². The SMILES string of the molecule is CC(C)(O)C(F)CNC(=O)c1cnc(-c2ccc3cc(C#N)cnn23)cc1Nc1ccc2c(c1)CN(C1COC1)C2. The first-order valence-electron chi connectivity index (χ1n) is 13.4. The molecule has 3 N–H and O–H groups in total. The number of halogens is 1. The average Bonchev–Trinajstić information content (AvgIpc) is 3.53. The molecule has 1 saturated heterocycles. The van der Waals surface area contributed by atoms with E-state index < -0.39 is 17.7 Å². The van der Waals surface area contributed by atoms with Gasteiger partial charge in [0.25, 0.3) is 5.91 Å². The number of alkyl halides is 1. The summed E-state index contributed by atoms with van der Waals surface area (Å²) in [6, 6.07) is 15.9. The van der Waals surface area contributed by atoms with Crippen molar-refractivity contribution in [3.05, 3.63) is 77.1 Å². The number of pyridine rings is 1. The van der Waals surface area contributed by atoms with E-state index in [-0.39, 0.29) is 12.1 Å². The number of hydrogen-bond donors (Lipinski definition) is 3. The fourth-order valence-corrected chi connectivity index (χ4v) is 5.01. The molecule has 1 aromatic carbocycles. The van der Waals surface area contributed by atoms with Crippen molar-refractivity contribution in [1.29, 1.82) is 5.26 Å². The molecule has 5 heterocycles. The molecule has 210 valence electrons. The third-order valence-corrected chi connectivity index (χ3v) is 7.62. The molecule has 0 aliphatic carbocycles. The molecule has 4 aromatic rings. The lowest BCUT2D eigenvalue weighted by Crippen LogP contribution is -2.46. The number of carbonyl (C=O) groups is 1. The van der Waals surface area contributed by atoms with Crippen molar-refractivity contribution in [3.63, 3.8) is 0 Å². The summed E-state index contributed by atoms with van der Waals surface area (Å²) in [6.45, 7) is 5.58. The maximum atomic E-state index is 14.4. The Hall–Kier alpha value is -4.37. The van der Waals surface area contributed by atoms with Crippen LogP contribution in [0.1, 0.15) is 40.9 Å². The van der Waals surface area contributed by atoms with Gasteiger partial charge < -0.3 is 20.5 Å². The lowest BCUT2D eigenvalue weighted by atomic mass is 10.0. The van der Waals surface area contributed by atoms with E-state index in [1.807, 2.05) is 18.2 Å². The Morgan fingerprint density at radius 2 is 2.00 bits per heavy atom. The van der Waals surface area contributed by atoms with E-state index in [9.17, 15) is 19.6 Å². The van der Waals surface area contributed by atoms with Crippen molar-refractivity contribution in [2.24, 2.45) is 0 Å². The first-order valence-corrected chi connectivity index (χ1v) is 13.4. The Kier molecular flexibility index (Phi) is 6.91. The van der Waals surface area contributed by atoms with Crippen LogP contribution in [0, 0.1) is 11.3 Å². The summed E-state index contributed by atoms with van der Waals surface area (Å²) in [5.74, 6) is -0.521. The number of aliphatic hydroxyl groups is 1. The molecule has 1 fully saturated rings. The number of nitriles is 1. The number of benzene rings is 1.